The molecule has 0 bridgehead atoms. The third-order valence-corrected chi connectivity index (χ3v) is 2.27. The van der Waals surface area contributed by atoms with Crippen LogP contribution in [-0.2, 0) is 0 Å². The van der Waals surface area contributed by atoms with Crippen LogP contribution < -0.4 is 5.73 Å². The zero-order valence-corrected chi connectivity index (χ0v) is 8.79. The van der Waals surface area contributed by atoms with E-state index in [9.17, 15) is 4.79 Å². The third kappa shape index (κ3) is 2.67. The van der Waals surface area contributed by atoms with Crippen LogP contribution in [0.15, 0.2) is 24.3 Å². The van der Waals surface area contributed by atoms with Crippen molar-refractivity contribution in [3.05, 3.63) is 35.4 Å². The third-order valence-electron chi connectivity index (χ3n) is 2.27. The van der Waals surface area contributed by atoms with Crippen LogP contribution in [0.5, 0.6) is 0 Å². The number of hydrogen-bond acceptors (Lipinski definition) is 2. The molecule has 0 heterocycles. The molecule has 0 saturated carbocycles. The molecular weight excluding hydrogens is 174 g/mol. The van der Waals surface area contributed by atoms with Crippen LogP contribution in [0, 0.1) is 0 Å². The van der Waals surface area contributed by atoms with Crippen LogP contribution >= 0.6 is 0 Å². The van der Waals surface area contributed by atoms with E-state index < -0.39 is 0 Å². The smallest absolute Gasteiger partial charge is 0.164 e. The largest absolute Gasteiger partial charge is 0.330 e. The first kappa shape index (κ1) is 10.9. The average molecular weight is 191 g/mol. The Balaban J connectivity index is 2.78. The van der Waals surface area contributed by atoms with Crippen LogP contribution in [0.1, 0.15) is 42.1 Å². The molecule has 1 aromatic rings. The van der Waals surface area contributed by atoms with E-state index in [1.54, 1.807) is 0 Å². The number of nitrogens with two attached hydrogens (primary N) is 1. The minimum atomic E-state index is 0.128. The maximum Gasteiger partial charge on any atom is 0.164 e. The number of Topliss-reactive ketones (excluding diaryl/α,β-unsaturated/α-hetero) is 1. The maximum absolute atomic E-state index is 11.4. The van der Waals surface area contributed by atoms with Crippen molar-refractivity contribution >= 4 is 5.78 Å². The van der Waals surface area contributed by atoms with Crippen LogP contribution in [0.2, 0.25) is 0 Å². The van der Waals surface area contributed by atoms with Gasteiger partial charge >= 0.3 is 0 Å². The number of benzene rings is 1. The summed E-state index contributed by atoms with van der Waals surface area (Å²) in [5.41, 5.74) is 7.35. The molecule has 0 aliphatic carbocycles. The Bertz CT molecular complexity index is 301. The highest BCUT2D eigenvalue weighted by atomic mass is 16.1. The molecule has 1 aromatic carbocycles. The topological polar surface area (TPSA) is 43.1 Å². The molecule has 0 radical (unpaired) electrons. The van der Waals surface area contributed by atoms with Gasteiger partial charge in [-0.25, -0.2) is 0 Å². The molecule has 2 nitrogen and oxygen atoms in total. The van der Waals surface area contributed by atoms with Gasteiger partial charge in [-0.15, -0.1) is 0 Å². The Kier molecular flexibility index (Phi) is 3.84. The van der Waals surface area contributed by atoms with E-state index >= 15 is 0 Å². The van der Waals surface area contributed by atoms with Gasteiger partial charge in [0, 0.05) is 12.0 Å². The summed E-state index contributed by atoms with van der Waals surface area (Å²) in [6.45, 7) is 4.69. The fourth-order valence-corrected chi connectivity index (χ4v) is 1.33. The van der Waals surface area contributed by atoms with Crippen molar-refractivity contribution < 1.29 is 4.79 Å². The maximum atomic E-state index is 11.4. The minimum absolute atomic E-state index is 0.128. The van der Waals surface area contributed by atoms with Crippen molar-refractivity contribution in [2.45, 2.75) is 26.2 Å². The number of carbonyl (C=O) groups is 1. The summed E-state index contributed by atoms with van der Waals surface area (Å²) in [6.07, 6.45) is 0.432. The summed E-state index contributed by atoms with van der Waals surface area (Å²) in [7, 11) is 0. The summed E-state index contributed by atoms with van der Waals surface area (Å²) in [6, 6.07) is 7.78. The van der Waals surface area contributed by atoms with E-state index in [-0.39, 0.29) is 5.78 Å². The summed E-state index contributed by atoms with van der Waals surface area (Å²) >= 11 is 0. The molecule has 2 N–H and O–H groups in total. The van der Waals surface area contributed by atoms with Crippen molar-refractivity contribution in [3.8, 4) is 0 Å². The van der Waals surface area contributed by atoms with Gasteiger partial charge in [-0.2, -0.15) is 0 Å². The Morgan fingerprint density at radius 3 is 2.29 bits per heavy atom. The van der Waals surface area contributed by atoms with Crippen LogP contribution in [-0.4, -0.2) is 12.3 Å². The van der Waals surface area contributed by atoms with Crippen molar-refractivity contribution in [1.82, 2.24) is 0 Å². The molecule has 0 aliphatic heterocycles. The molecule has 0 unspecified atom stereocenters. The lowest BCUT2D eigenvalue weighted by Gasteiger charge is -2.05. The zero-order valence-electron chi connectivity index (χ0n) is 8.79. The highest BCUT2D eigenvalue weighted by Crippen LogP contribution is 2.15. The Hall–Kier alpha value is -1.15. The summed E-state index contributed by atoms with van der Waals surface area (Å²) in [4.78, 5) is 11.4. The molecule has 14 heavy (non-hydrogen) atoms. The van der Waals surface area contributed by atoms with Gasteiger partial charge in [-0.05, 0) is 18.0 Å². The monoisotopic (exact) mass is 191 g/mol. The second-order valence-electron chi connectivity index (χ2n) is 3.74. The van der Waals surface area contributed by atoms with E-state index in [0.29, 0.717) is 18.9 Å². The first-order valence-corrected chi connectivity index (χ1v) is 4.98. The SMILES string of the molecule is CC(C)c1ccc(C(=O)CCN)cc1. The van der Waals surface area contributed by atoms with Gasteiger partial charge in [-0.1, -0.05) is 38.1 Å². The second kappa shape index (κ2) is 4.91. The van der Waals surface area contributed by atoms with E-state index in [1.807, 2.05) is 24.3 Å². The van der Waals surface area contributed by atoms with Gasteiger partial charge in [0.25, 0.3) is 0 Å². The minimum Gasteiger partial charge on any atom is -0.330 e. The fourth-order valence-electron chi connectivity index (χ4n) is 1.33. The van der Waals surface area contributed by atoms with Gasteiger partial charge in [0.15, 0.2) is 5.78 Å². The summed E-state index contributed by atoms with van der Waals surface area (Å²) in [5, 5.41) is 0. The lowest BCUT2D eigenvalue weighted by Crippen LogP contribution is -2.08. The average Bonchev–Trinajstić information content (AvgIpc) is 2.18. The second-order valence-corrected chi connectivity index (χ2v) is 3.74. The lowest BCUT2D eigenvalue weighted by molar-refractivity contribution is 0.0985. The van der Waals surface area contributed by atoms with Crippen molar-refractivity contribution in [2.24, 2.45) is 5.73 Å². The number of hydrogen-bond donors (Lipinski definition) is 1. The molecule has 1 rings (SSSR count). The highest BCUT2D eigenvalue weighted by Gasteiger charge is 2.05. The normalized spacial score (nSPS) is 10.6. The Labute approximate surface area is 85.1 Å². The number of carbonyl (C=O) groups excluding carboxylic acids is 1. The number of rotatable bonds is 4. The highest BCUT2D eigenvalue weighted by molar-refractivity contribution is 5.96. The van der Waals surface area contributed by atoms with Crippen LogP contribution in [0.4, 0.5) is 0 Å². The predicted octanol–water partition coefficient (Wildman–Crippen LogP) is 2.34. The lowest BCUT2D eigenvalue weighted by atomic mass is 10.00. The Morgan fingerprint density at radius 1 is 1.29 bits per heavy atom. The van der Waals surface area contributed by atoms with E-state index in [0.717, 1.165) is 5.56 Å². The van der Waals surface area contributed by atoms with Crippen LogP contribution in [0.3, 0.4) is 0 Å². The Morgan fingerprint density at radius 2 is 1.86 bits per heavy atom. The summed E-state index contributed by atoms with van der Waals surface area (Å²) < 4.78 is 0. The van der Waals surface area contributed by atoms with Gasteiger partial charge < -0.3 is 5.73 Å². The van der Waals surface area contributed by atoms with Crippen molar-refractivity contribution in [1.29, 1.82) is 0 Å². The molecule has 0 spiro atoms. The van der Waals surface area contributed by atoms with Crippen LogP contribution in [0.25, 0.3) is 0 Å². The molecule has 0 atom stereocenters. The summed E-state index contributed by atoms with van der Waals surface area (Å²) in [5.74, 6) is 0.636. The fraction of sp³-hybridized carbons (Fsp3) is 0.417. The van der Waals surface area contributed by atoms with Gasteiger partial charge in [-0.3, -0.25) is 4.79 Å². The molecule has 76 valence electrons. The van der Waals surface area contributed by atoms with Crippen molar-refractivity contribution in [2.75, 3.05) is 6.54 Å². The zero-order chi connectivity index (χ0) is 10.6. The molecule has 2 heteroatoms. The van der Waals surface area contributed by atoms with Gasteiger partial charge in [0.2, 0.25) is 0 Å². The molecule has 0 saturated heterocycles. The first-order chi connectivity index (χ1) is 6.65. The van der Waals surface area contributed by atoms with Gasteiger partial charge in [0.05, 0.1) is 0 Å². The number of ketones is 1. The molecule has 0 aliphatic rings. The van der Waals surface area contributed by atoms with E-state index in [1.165, 1.54) is 5.56 Å². The predicted molar refractivity (Wildman–Crippen MR) is 58.5 cm³/mol. The first-order valence-electron chi connectivity index (χ1n) is 4.98. The molecular formula is C12H17NO. The van der Waals surface area contributed by atoms with E-state index in [2.05, 4.69) is 13.8 Å². The molecule has 0 aromatic heterocycles. The standard InChI is InChI=1S/C12H17NO/c1-9(2)10-3-5-11(6-4-10)12(14)7-8-13/h3-6,9H,7-8,13H2,1-2H3. The van der Waals surface area contributed by atoms with E-state index in [4.69, 9.17) is 5.73 Å². The van der Waals surface area contributed by atoms with Crippen molar-refractivity contribution in [3.63, 3.8) is 0 Å². The quantitative estimate of drug-likeness (QED) is 0.742. The molecule has 0 amide bonds. The molecule has 0 fully saturated rings. The van der Waals surface area contributed by atoms with Gasteiger partial charge in [0.1, 0.15) is 0 Å².